The van der Waals surface area contributed by atoms with Gasteiger partial charge in [-0.15, -0.1) is 0 Å². The Morgan fingerprint density at radius 3 is 2.46 bits per heavy atom. The molecule has 2 aliphatic heterocycles. The Hall–Kier alpha value is -4.21. The maximum absolute atomic E-state index is 13.6. The Morgan fingerprint density at radius 1 is 1.09 bits per heavy atom. The van der Waals surface area contributed by atoms with Gasteiger partial charge in [0.2, 0.25) is 0 Å². The van der Waals surface area contributed by atoms with Gasteiger partial charge in [0.1, 0.15) is 11.4 Å². The number of hydrogen-bond acceptors (Lipinski definition) is 8. The van der Waals surface area contributed by atoms with Gasteiger partial charge >= 0.3 is 6.03 Å². The lowest BCUT2D eigenvalue weighted by Crippen LogP contribution is -2.56. The van der Waals surface area contributed by atoms with Gasteiger partial charge in [-0.2, -0.15) is 0 Å². The molecule has 1 atom stereocenters. The van der Waals surface area contributed by atoms with E-state index in [1.54, 1.807) is 35.4 Å². The van der Waals surface area contributed by atoms with Crippen molar-refractivity contribution in [3.63, 3.8) is 0 Å². The normalized spacial score (nSPS) is 17.4. The molecule has 0 aliphatic carbocycles. The molecule has 180 valence electrons. The summed E-state index contributed by atoms with van der Waals surface area (Å²) in [5, 5.41) is 0. The van der Waals surface area contributed by atoms with Crippen LogP contribution in [0, 0.1) is 0 Å². The maximum Gasteiger partial charge on any atom is 0.326 e. The van der Waals surface area contributed by atoms with E-state index in [1.807, 2.05) is 43.3 Å². The van der Waals surface area contributed by atoms with Gasteiger partial charge in [0.05, 0.1) is 12.8 Å². The van der Waals surface area contributed by atoms with Crippen LogP contribution in [0.2, 0.25) is 0 Å². The van der Waals surface area contributed by atoms with Crippen LogP contribution in [-0.2, 0) is 4.79 Å². The highest BCUT2D eigenvalue weighted by Gasteiger charge is 2.41. The van der Waals surface area contributed by atoms with Gasteiger partial charge in [-0.25, -0.2) is 14.8 Å². The smallest absolute Gasteiger partial charge is 0.326 e. The fourth-order valence-corrected chi connectivity index (χ4v) is 4.47. The SMILES string of the molecule is CCOc1ccc(N2CCN(C(=O)N3c4cnc(-c5ccncc5)nc4N(C)C3C=O)CC2)cc1. The van der Waals surface area contributed by atoms with Gasteiger partial charge in [-0.3, -0.25) is 14.7 Å². The largest absolute Gasteiger partial charge is 0.494 e. The van der Waals surface area contributed by atoms with Crippen molar-refractivity contribution in [2.45, 2.75) is 13.1 Å². The predicted octanol–water partition coefficient (Wildman–Crippen LogP) is 2.66. The first-order valence-corrected chi connectivity index (χ1v) is 11.6. The van der Waals surface area contributed by atoms with Crippen molar-refractivity contribution < 1.29 is 14.3 Å². The molecule has 1 fully saturated rings. The van der Waals surface area contributed by atoms with Gasteiger partial charge < -0.3 is 19.4 Å². The third-order valence-corrected chi connectivity index (χ3v) is 6.33. The monoisotopic (exact) mass is 473 g/mol. The highest BCUT2D eigenvalue weighted by Crippen LogP contribution is 2.38. The molecule has 35 heavy (non-hydrogen) atoms. The summed E-state index contributed by atoms with van der Waals surface area (Å²) in [6.07, 6.45) is 4.96. The van der Waals surface area contributed by atoms with E-state index in [9.17, 15) is 9.59 Å². The molecule has 1 aromatic carbocycles. The lowest BCUT2D eigenvalue weighted by Gasteiger charge is -2.38. The van der Waals surface area contributed by atoms with Crippen molar-refractivity contribution in [3.8, 4) is 17.1 Å². The van der Waals surface area contributed by atoms with Crippen molar-refractivity contribution in [3.05, 3.63) is 55.0 Å². The number of likely N-dealkylation sites (N-methyl/N-ethyl adjacent to an activating group) is 1. The average Bonchev–Trinajstić information content (AvgIpc) is 3.20. The molecule has 0 bridgehead atoms. The van der Waals surface area contributed by atoms with E-state index >= 15 is 0 Å². The van der Waals surface area contributed by atoms with E-state index < -0.39 is 6.17 Å². The van der Waals surface area contributed by atoms with Crippen molar-refractivity contribution in [1.82, 2.24) is 19.9 Å². The number of ether oxygens (including phenoxy) is 1. The van der Waals surface area contributed by atoms with Crippen molar-refractivity contribution in [1.29, 1.82) is 0 Å². The molecule has 10 heteroatoms. The molecule has 10 nitrogen and oxygen atoms in total. The molecule has 2 amide bonds. The highest BCUT2D eigenvalue weighted by atomic mass is 16.5. The Labute approximate surface area is 203 Å². The number of aldehydes is 1. The zero-order chi connectivity index (χ0) is 24.4. The summed E-state index contributed by atoms with van der Waals surface area (Å²) in [6.45, 7) is 5.07. The number of aromatic nitrogens is 3. The summed E-state index contributed by atoms with van der Waals surface area (Å²) in [5.41, 5.74) is 2.44. The van der Waals surface area contributed by atoms with Crippen LogP contribution in [-0.4, -0.2) is 78.2 Å². The number of amides is 2. The number of fused-ring (bicyclic) bond motifs is 1. The minimum absolute atomic E-state index is 0.223. The number of anilines is 3. The summed E-state index contributed by atoms with van der Waals surface area (Å²) in [6, 6.07) is 11.4. The number of urea groups is 1. The first kappa shape index (κ1) is 22.6. The molecule has 1 unspecified atom stereocenters. The Kier molecular flexibility index (Phi) is 6.17. The van der Waals surface area contributed by atoms with Crippen LogP contribution >= 0.6 is 0 Å². The summed E-state index contributed by atoms with van der Waals surface area (Å²) < 4.78 is 5.52. The van der Waals surface area contributed by atoms with Crippen LogP contribution in [0.3, 0.4) is 0 Å². The maximum atomic E-state index is 13.6. The van der Waals surface area contributed by atoms with E-state index in [4.69, 9.17) is 4.74 Å². The fourth-order valence-electron chi connectivity index (χ4n) is 4.47. The predicted molar refractivity (Wildman–Crippen MR) is 133 cm³/mol. The standard InChI is InChI=1S/C25H27N7O3/c1-3-35-20-6-4-19(5-7-20)30-12-14-31(15-13-30)25(34)32-21-16-27-23(18-8-10-26-11-9-18)28-24(21)29(2)22(32)17-33/h4-11,16-17,22H,3,12-15H2,1-2H3. The van der Waals surface area contributed by atoms with Gasteiger partial charge in [-0.1, -0.05) is 0 Å². The zero-order valence-electron chi connectivity index (χ0n) is 19.7. The Balaban J connectivity index is 1.32. The van der Waals surface area contributed by atoms with E-state index in [1.165, 1.54) is 4.90 Å². The lowest BCUT2D eigenvalue weighted by atomic mass is 10.2. The number of carbonyl (C=O) groups is 2. The number of benzene rings is 1. The Bertz CT molecular complexity index is 1200. The van der Waals surface area contributed by atoms with Crippen LogP contribution in [0.1, 0.15) is 6.92 Å². The van der Waals surface area contributed by atoms with Crippen LogP contribution < -0.4 is 19.4 Å². The molecule has 5 rings (SSSR count). The Morgan fingerprint density at radius 2 is 1.80 bits per heavy atom. The molecule has 2 aliphatic rings. The van der Waals surface area contributed by atoms with Crippen LogP contribution in [0.15, 0.2) is 55.0 Å². The molecule has 0 saturated carbocycles. The first-order valence-electron chi connectivity index (χ1n) is 11.6. The van der Waals surface area contributed by atoms with Gasteiger partial charge in [0, 0.05) is 56.9 Å². The molecule has 0 radical (unpaired) electrons. The molecular weight excluding hydrogens is 446 g/mol. The van der Waals surface area contributed by atoms with Crippen molar-refractivity contribution in [2.24, 2.45) is 0 Å². The molecule has 0 N–H and O–H groups in total. The second-order valence-corrected chi connectivity index (χ2v) is 8.35. The minimum atomic E-state index is -0.774. The minimum Gasteiger partial charge on any atom is -0.494 e. The highest BCUT2D eigenvalue weighted by molar-refractivity contribution is 6.03. The van der Waals surface area contributed by atoms with Gasteiger partial charge in [-0.05, 0) is 43.3 Å². The quantitative estimate of drug-likeness (QED) is 0.522. The van der Waals surface area contributed by atoms with Gasteiger partial charge in [0.15, 0.2) is 24.1 Å². The third-order valence-electron chi connectivity index (χ3n) is 6.33. The van der Waals surface area contributed by atoms with E-state index in [-0.39, 0.29) is 6.03 Å². The fraction of sp³-hybridized carbons (Fsp3) is 0.320. The molecule has 3 aromatic rings. The summed E-state index contributed by atoms with van der Waals surface area (Å²) in [4.78, 5) is 45.9. The number of pyridine rings is 1. The summed E-state index contributed by atoms with van der Waals surface area (Å²) in [7, 11) is 1.76. The van der Waals surface area contributed by atoms with Crippen LogP contribution in [0.5, 0.6) is 5.75 Å². The molecule has 0 spiro atoms. The first-order chi connectivity index (χ1) is 17.1. The second kappa shape index (κ2) is 9.57. The summed E-state index contributed by atoms with van der Waals surface area (Å²) >= 11 is 0. The lowest BCUT2D eigenvalue weighted by molar-refractivity contribution is -0.108. The van der Waals surface area contributed by atoms with Crippen molar-refractivity contribution in [2.75, 3.05) is 54.5 Å². The second-order valence-electron chi connectivity index (χ2n) is 8.35. The summed E-state index contributed by atoms with van der Waals surface area (Å²) in [5.74, 6) is 1.90. The number of hydrogen-bond donors (Lipinski definition) is 0. The number of nitrogens with zero attached hydrogens (tertiary/aromatic N) is 7. The third kappa shape index (κ3) is 4.23. The number of carbonyl (C=O) groups excluding carboxylic acids is 2. The van der Waals surface area contributed by atoms with E-state index in [2.05, 4.69) is 19.9 Å². The molecule has 2 aromatic heterocycles. The van der Waals surface area contributed by atoms with Crippen LogP contribution in [0.4, 0.5) is 22.0 Å². The van der Waals surface area contributed by atoms with E-state index in [0.29, 0.717) is 50.1 Å². The molecular formula is C25H27N7O3. The number of piperazine rings is 1. The average molecular weight is 474 g/mol. The number of rotatable bonds is 5. The topological polar surface area (TPSA) is 95.0 Å². The van der Waals surface area contributed by atoms with Crippen LogP contribution in [0.25, 0.3) is 11.4 Å². The molecule has 4 heterocycles. The van der Waals surface area contributed by atoms with E-state index in [0.717, 1.165) is 23.3 Å². The van der Waals surface area contributed by atoms with Gasteiger partial charge in [0.25, 0.3) is 0 Å². The molecule has 1 saturated heterocycles. The van der Waals surface area contributed by atoms with Crippen molar-refractivity contribution >= 4 is 29.5 Å². The zero-order valence-corrected chi connectivity index (χ0v) is 19.7.